The summed E-state index contributed by atoms with van der Waals surface area (Å²) in [5.41, 5.74) is 0.999. The van der Waals surface area contributed by atoms with E-state index >= 15 is 0 Å². The van der Waals surface area contributed by atoms with Crippen LogP contribution in [0.15, 0.2) is 68.7 Å². The average molecular weight is 478 g/mol. The van der Waals surface area contributed by atoms with Gasteiger partial charge in [-0.15, -0.1) is 11.8 Å². The van der Waals surface area contributed by atoms with Crippen molar-refractivity contribution < 1.29 is 18.1 Å². The molecule has 0 bridgehead atoms. The molecule has 8 nitrogen and oxygen atoms in total. The topological polar surface area (TPSA) is 119 Å². The number of thioether (sulfide) groups is 1. The molecule has 31 heavy (non-hydrogen) atoms. The van der Waals surface area contributed by atoms with E-state index in [1.807, 2.05) is 31.2 Å². The molecule has 2 aromatic carbocycles. The zero-order valence-corrected chi connectivity index (χ0v) is 18.9. The lowest BCUT2D eigenvalue weighted by molar-refractivity contribution is -0.384. The molecule has 0 radical (unpaired) electrons. The van der Waals surface area contributed by atoms with E-state index in [4.69, 9.17) is 0 Å². The van der Waals surface area contributed by atoms with Crippen LogP contribution in [0.5, 0.6) is 0 Å². The van der Waals surface area contributed by atoms with Crippen molar-refractivity contribution in [2.24, 2.45) is 0 Å². The van der Waals surface area contributed by atoms with Gasteiger partial charge in [-0.1, -0.05) is 29.0 Å². The third-order valence-corrected chi connectivity index (χ3v) is 8.43. The normalized spacial score (nSPS) is 11.3. The van der Waals surface area contributed by atoms with Crippen molar-refractivity contribution in [1.82, 2.24) is 4.98 Å². The molecule has 3 aromatic rings. The number of nitro groups is 1. The summed E-state index contributed by atoms with van der Waals surface area (Å²) in [5.74, 6) is 0.548. The van der Waals surface area contributed by atoms with Crippen molar-refractivity contribution in [3.8, 4) is 0 Å². The largest absolute Gasteiger partial charge is 0.302 e. The van der Waals surface area contributed by atoms with Crippen LogP contribution in [0.2, 0.25) is 0 Å². The number of rotatable bonds is 9. The number of non-ortho nitro benzene ring substituents is 1. The summed E-state index contributed by atoms with van der Waals surface area (Å²) >= 11 is 2.51. The number of benzene rings is 2. The molecule has 1 aromatic heterocycles. The minimum atomic E-state index is -3.87. The first kappa shape index (κ1) is 22.9. The van der Waals surface area contributed by atoms with Gasteiger partial charge in [0, 0.05) is 23.4 Å². The SMILES string of the molecule is Cc1ccc(SCCCC(=O)Nc2ncc(S(=O)(=O)c3ccc([N+](=O)[O-])cc3)s2)cc1. The molecular weight excluding hydrogens is 458 g/mol. The van der Waals surface area contributed by atoms with E-state index in [9.17, 15) is 23.3 Å². The van der Waals surface area contributed by atoms with E-state index in [0.717, 1.165) is 34.1 Å². The number of nitrogens with one attached hydrogen (secondary N) is 1. The van der Waals surface area contributed by atoms with Crippen LogP contribution in [0, 0.1) is 17.0 Å². The molecule has 162 valence electrons. The third kappa shape index (κ3) is 6.12. The second-order valence-corrected chi connectivity index (χ2v) is 10.9. The first-order chi connectivity index (χ1) is 14.8. The first-order valence-corrected chi connectivity index (χ1v) is 12.5. The van der Waals surface area contributed by atoms with Gasteiger partial charge in [0.25, 0.3) is 5.69 Å². The van der Waals surface area contributed by atoms with E-state index in [0.29, 0.717) is 12.8 Å². The van der Waals surface area contributed by atoms with Crippen molar-refractivity contribution in [1.29, 1.82) is 0 Å². The van der Waals surface area contributed by atoms with Gasteiger partial charge in [-0.05, 0) is 43.4 Å². The van der Waals surface area contributed by atoms with E-state index in [1.54, 1.807) is 11.8 Å². The fourth-order valence-corrected chi connectivity index (χ4v) is 5.85. The van der Waals surface area contributed by atoms with Crippen LogP contribution in [0.3, 0.4) is 0 Å². The monoisotopic (exact) mass is 477 g/mol. The highest BCUT2D eigenvalue weighted by molar-refractivity contribution is 7.99. The summed E-state index contributed by atoms with van der Waals surface area (Å²) in [4.78, 5) is 27.3. The van der Waals surface area contributed by atoms with Crippen molar-refractivity contribution >= 4 is 49.7 Å². The molecule has 1 N–H and O–H groups in total. The molecule has 0 spiro atoms. The van der Waals surface area contributed by atoms with E-state index < -0.39 is 14.8 Å². The number of sulfone groups is 1. The fourth-order valence-electron chi connectivity index (χ4n) is 2.54. The lowest BCUT2D eigenvalue weighted by atomic mass is 10.2. The minimum absolute atomic E-state index is 0.0495. The van der Waals surface area contributed by atoms with Gasteiger partial charge in [0.15, 0.2) is 5.13 Å². The Bertz CT molecular complexity index is 1170. The van der Waals surface area contributed by atoms with Crippen molar-refractivity contribution in [3.63, 3.8) is 0 Å². The van der Waals surface area contributed by atoms with Crippen molar-refractivity contribution in [2.75, 3.05) is 11.1 Å². The quantitative estimate of drug-likeness (QED) is 0.205. The highest BCUT2D eigenvalue weighted by atomic mass is 32.2. The zero-order valence-electron chi connectivity index (χ0n) is 16.5. The van der Waals surface area contributed by atoms with Crippen LogP contribution in [0.1, 0.15) is 18.4 Å². The van der Waals surface area contributed by atoms with Gasteiger partial charge in [0.05, 0.1) is 16.0 Å². The Balaban J connectivity index is 1.53. The van der Waals surface area contributed by atoms with Gasteiger partial charge in [0.2, 0.25) is 15.7 Å². The highest BCUT2D eigenvalue weighted by Gasteiger charge is 2.22. The number of hydrogen-bond donors (Lipinski definition) is 1. The van der Waals surface area contributed by atoms with Gasteiger partial charge in [-0.2, -0.15) is 0 Å². The number of anilines is 1. The summed E-state index contributed by atoms with van der Waals surface area (Å²) < 4.78 is 25.3. The molecule has 3 rings (SSSR count). The predicted molar refractivity (Wildman–Crippen MR) is 120 cm³/mol. The Kier molecular flexibility index (Phi) is 7.42. The Morgan fingerprint density at radius 3 is 2.48 bits per heavy atom. The number of aryl methyl sites for hydroxylation is 1. The fraction of sp³-hybridized carbons (Fsp3) is 0.200. The maximum atomic E-state index is 12.7. The molecule has 0 unspecified atom stereocenters. The van der Waals surface area contributed by atoms with E-state index in [2.05, 4.69) is 10.3 Å². The summed E-state index contributed by atoms with van der Waals surface area (Å²) in [5, 5.41) is 13.5. The second-order valence-electron chi connectivity index (χ2n) is 6.55. The van der Waals surface area contributed by atoms with Gasteiger partial charge in [-0.3, -0.25) is 14.9 Å². The predicted octanol–water partition coefficient (Wildman–Crippen LogP) is 4.70. The molecule has 11 heteroatoms. The maximum Gasteiger partial charge on any atom is 0.269 e. The van der Waals surface area contributed by atoms with Crippen LogP contribution in [-0.4, -0.2) is 30.0 Å². The van der Waals surface area contributed by atoms with Gasteiger partial charge >= 0.3 is 0 Å². The number of nitrogens with zero attached hydrogens (tertiary/aromatic N) is 2. The summed E-state index contributed by atoms with van der Waals surface area (Å²) in [6, 6.07) is 12.8. The van der Waals surface area contributed by atoms with E-state index in [1.165, 1.54) is 23.9 Å². The summed E-state index contributed by atoms with van der Waals surface area (Å²) in [6.07, 6.45) is 2.14. The smallest absolute Gasteiger partial charge is 0.269 e. The van der Waals surface area contributed by atoms with Gasteiger partial charge in [-0.25, -0.2) is 13.4 Å². The van der Waals surface area contributed by atoms with Crippen molar-refractivity contribution in [2.45, 2.75) is 33.8 Å². The first-order valence-electron chi connectivity index (χ1n) is 9.20. The Morgan fingerprint density at radius 2 is 1.84 bits per heavy atom. The highest BCUT2D eigenvalue weighted by Crippen LogP contribution is 2.29. The van der Waals surface area contributed by atoms with E-state index in [-0.39, 0.29) is 25.8 Å². The summed E-state index contributed by atoms with van der Waals surface area (Å²) in [7, 11) is -3.87. The molecule has 0 aliphatic carbocycles. The number of carbonyl (C=O) groups is 1. The maximum absolute atomic E-state index is 12.7. The molecule has 0 atom stereocenters. The number of amides is 1. The molecule has 0 aliphatic heterocycles. The van der Waals surface area contributed by atoms with Crippen LogP contribution in [0.4, 0.5) is 10.8 Å². The average Bonchev–Trinajstić information content (AvgIpc) is 3.22. The van der Waals surface area contributed by atoms with Crippen molar-refractivity contribution in [3.05, 3.63) is 70.4 Å². The van der Waals surface area contributed by atoms with Crippen LogP contribution >= 0.6 is 23.1 Å². The van der Waals surface area contributed by atoms with Crippen LogP contribution < -0.4 is 5.32 Å². The number of carbonyl (C=O) groups excluding carboxylic acids is 1. The van der Waals surface area contributed by atoms with Crippen LogP contribution in [-0.2, 0) is 14.6 Å². The number of thiazole rings is 1. The minimum Gasteiger partial charge on any atom is -0.302 e. The van der Waals surface area contributed by atoms with Gasteiger partial charge < -0.3 is 5.32 Å². The second kappa shape index (κ2) is 10.0. The number of hydrogen-bond acceptors (Lipinski definition) is 8. The number of nitro benzene ring substituents is 1. The Hall–Kier alpha value is -2.76. The lowest BCUT2D eigenvalue weighted by Gasteiger charge is -2.03. The van der Waals surface area contributed by atoms with Crippen LogP contribution in [0.25, 0.3) is 0 Å². The molecule has 0 saturated carbocycles. The Labute approximate surface area is 187 Å². The Morgan fingerprint density at radius 1 is 1.16 bits per heavy atom. The zero-order chi connectivity index (χ0) is 22.4. The molecule has 1 heterocycles. The standard InChI is InChI=1S/C20H19N3O5S3/c1-14-4-8-16(9-5-14)29-12-2-3-18(24)22-20-21-13-19(30-20)31(27,28)17-10-6-15(7-11-17)23(25)26/h4-11,13H,2-3,12H2,1H3,(H,21,22,24). The summed E-state index contributed by atoms with van der Waals surface area (Å²) in [6.45, 7) is 2.03. The van der Waals surface area contributed by atoms with Gasteiger partial charge in [0.1, 0.15) is 4.21 Å². The molecule has 0 saturated heterocycles. The molecule has 0 fully saturated rings. The third-order valence-electron chi connectivity index (χ3n) is 4.19. The molecule has 1 amide bonds. The number of aromatic nitrogens is 1. The lowest BCUT2D eigenvalue weighted by Crippen LogP contribution is -2.11. The molecular formula is C20H19N3O5S3. The molecule has 0 aliphatic rings.